The molecule has 1 unspecified atom stereocenters. The fraction of sp³-hybridized carbons (Fsp3) is 0.400. The Morgan fingerprint density at radius 1 is 1.25 bits per heavy atom. The molecule has 2 aromatic rings. The van der Waals surface area contributed by atoms with Crippen molar-refractivity contribution >= 4 is 0 Å². The van der Waals surface area contributed by atoms with Crippen molar-refractivity contribution < 1.29 is 4.39 Å². The number of nitrogens with zero attached hydrogens (tertiary/aromatic N) is 3. The minimum atomic E-state index is -0.362. The van der Waals surface area contributed by atoms with Gasteiger partial charge in [0.15, 0.2) is 5.82 Å². The Kier molecular flexibility index (Phi) is 4.74. The zero-order valence-corrected chi connectivity index (χ0v) is 12.0. The lowest BCUT2D eigenvalue weighted by Crippen LogP contribution is -2.20. The molecular weight excluding hydrogens is 255 g/mol. The Bertz CT molecular complexity index is 569. The van der Waals surface area contributed by atoms with E-state index < -0.39 is 0 Å². The molecule has 0 amide bonds. The van der Waals surface area contributed by atoms with Gasteiger partial charge in [-0.05, 0) is 38.9 Å². The van der Waals surface area contributed by atoms with E-state index in [1.54, 1.807) is 6.07 Å². The van der Waals surface area contributed by atoms with Crippen molar-refractivity contribution in [3.8, 4) is 11.5 Å². The van der Waals surface area contributed by atoms with Crippen LogP contribution >= 0.6 is 0 Å². The molecule has 4 nitrogen and oxygen atoms in total. The van der Waals surface area contributed by atoms with Gasteiger partial charge in [0.1, 0.15) is 11.5 Å². The van der Waals surface area contributed by atoms with E-state index in [0.717, 1.165) is 24.2 Å². The van der Waals surface area contributed by atoms with Crippen molar-refractivity contribution in [3.63, 3.8) is 0 Å². The third kappa shape index (κ3) is 3.36. The number of halogens is 1. The average molecular weight is 274 g/mol. The third-order valence-electron chi connectivity index (χ3n) is 3.14. The molecule has 0 aliphatic carbocycles. The maximum Gasteiger partial charge on any atom is 0.178 e. The summed E-state index contributed by atoms with van der Waals surface area (Å²) in [4.78, 5) is 12.8. The summed E-state index contributed by atoms with van der Waals surface area (Å²) < 4.78 is 12.9. The van der Waals surface area contributed by atoms with Crippen molar-refractivity contribution in [1.29, 1.82) is 0 Å². The lowest BCUT2D eigenvalue weighted by Gasteiger charge is -2.15. The highest BCUT2D eigenvalue weighted by atomic mass is 19.1. The van der Waals surface area contributed by atoms with Crippen molar-refractivity contribution in [2.45, 2.75) is 33.2 Å². The van der Waals surface area contributed by atoms with Crippen LogP contribution in [-0.4, -0.2) is 21.5 Å². The topological polar surface area (TPSA) is 50.7 Å². The van der Waals surface area contributed by atoms with Gasteiger partial charge in [0.05, 0.1) is 6.20 Å². The highest BCUT2D eigenvalue weighted by Crippen LogP contribution is 2.18. The van der Waals surface area contributed by atoms with Gasteiger partial charge in [0.25, 0.3) is 0 Å². The second-order valence-electron chi connectivity index (χ2n) is 4.77. The molecule has 2 aromatic heterocycles. The molecule has 20 heavy (non-hydrogen) atoms. The van der Waals surface area contributed by atoms with E-state index in [2.05, 4.69) is 34.1 Å². The zero-order valence-electron chi connectivity index (χ0n) is 12.0. The number of hydrogen-bond acceptors (Lipinski definition) is 4. The van der Waals surface area contributed by atoms with Crippen LogP contribution in [0.25, 0.3) is 11.5 Å². The Balaban J connectivity index is 2.23. The van der Waals surface area contributed by atoms with Crippen LogP contribution in [0, 0.1) is 12.7 Å². The summed E-state index contributed by atoms with van der Waals surface area (Å²) in [5.41, 5.74) is 2.57. The number of hydrogen-bond donors (Lipinski definition) is 1. The summed E-state index contributed by atoms with van der Waals surface area (Å²) in [7, 11) is 0. The Morgan fingerprint density at radius 3 is 2.65 bits per heavy atom. The highest BCUT2D eigenvalue weighted by Gasteiger charge is 2.11. The molecule has 1 atom stereocenters. The second-order valence-corrected chi connectivity index (χ2v) is 4.77. The van der Waals surface area contributed by atoms with Gasteiger partial charge in [-0.3, -0.25) is 0 Å². The number of aromatic nitrogens is 3. The highest BCUT2D eigenvalue weighted by molar-refractivity contribution is 5.49. The Hall–Kier alpha value is -1.88. The first-order chi connectivity index (χ1) is 9.61. The standard InChI is InChI=1S/C15H19FN4/c1-4-7-17-10(2)13-9-19-15(20-11(13)3)14-6-5-12(16)8-18-14/h5-6,8-10,17H,4,7H2,1-3H3. The van der Waals surface area contributed by atoms with E-state index in [1.165, 1.54) is 12.3 Å². The fourth-order valence-corrected chi connectivity index (χ4v) is 2.00. The average Bonchev–Trinajstić information content (AvgIpc) is 2.45. The van der Waals surface area contributed by atoms with Crippen molar-refractivity contribution in [2.75, 3.05) is 6.54 Å². The molecule has 0 bridgehead atoms. The molecule has 0 aliphatic rings. The first-order valence-electron chi connectivity index (χ1n) is 6.80. The molecule has 0 saturated carbocycles. The van der Waals surface area contributed by atoms with Crippen molar-refractivity contribution in [3.05, 3.63) is 41.6 Å². The van der Waals surface area contributed by atoms with Crippen molar-refractivity contribution in [1.82, 2.24) is 20.3 Å². The molecule has 0 aliphatic heterocycles. The van der Waals surface area contributed by atoms with E-state index in [4.69, 9.17) is 0 Å². The lowest BCUT2D eigenvalue weighted by atomic mass is 10.1. The molecule has 1 N–H and O–H groups in total. The van der Waals surface area contributed by atoms with Crippen LogP contribution in [0.5, 0.6) is 0 Å². The van der Waals surface area contributed by atoms with Crippen molar-refractivity contribution in [2.24, 2.45) is 0 Å². The molecule has 0 spiro atoms. The summed E-state index contributed by atoms with van der Waals surface area (Å²) in [6, 6.07) is 3.16. The van der Waals surface area contributed by atoms with Gasteiger partial charge >= 0.3 is 0 Å². The molecular formula is C15H19FN4. The molecule has 2 rings (SSSR count). The van der Waals surface area contributed by atoms with E-state index in [-0.39, 0.29) is 11.9 Å². The first kappa shape index (κ1) is 14.5. The van der Waals surface area contributed by atoms with Crippen LogP contribution in [0.1, 0.15) is 37.6 Å². The van der Waals surface area contributed by atoms with Crippen LogP contribution in [0.3, 0.4) is 0 Å². The molecule has 0 fully saturated rings. The maximum absolute atomic E-state index is 12.9. The quantitative estimate of drug-likeness (QED) is 0.910. The zero-order chi connectivity index (χ0) is 14.5. The normalized spacial score (nSPS) is 12.4. The van der Waals surface area contributed by atoms with Crippen LogP contribution in [0.4, 0.5) is 4.39 Å². The minimum absolute atomic E-state index is 0.213. The molecule has 2 heterocycles. The second kappa shape index (κ2) is 6.52. The maximum atomic E-state index is 12.9. The van der Waals surface area contributed by atoms with Crippen LogP contribution in [-0.2, 0) is 0 Å². The largest absolute Gasteiger partial charge is 0.310 e. The number of nitrogens with one attached hydrogen (secondary N) is 1. The van der Waals surface area contributed by atoms with Crippen LogP contribution in [0.15, 0.2) is 24.5 Å². The van der Waals surface area contributed by atoms with Gasteiger partial charge in [-0.15, -0.1) is 0 Å². The van der Waals surface area contributed by atoms with Crippen LogP contribution in [0.2, 0.25) is 0 Å². The van der Waals surface area contributed by atoms with Gasteiger partial charge in [0.2, 0.25) is 0 Å². The predicted octanol–water partition coefficient (Wildman–Crippen LogP) is 3.05. The monoisotopic (exact) mass is 274 g/mol. The Labute approximate surface area is 118 Å². The number of aryl methyl sites for hydroxylation is 1. The Morgan fingerprint density at radius 2 is 2.05 bits per heavy atom. The fourth-order valence-electron chi connectivity index (χ4n) is 2.00. The summed E-state index contributed by atoms with van der Waals surface area (Å²) in [5.74, 6) is 0.161. The van der Waals surface area contributed by atoms with Gasteiger partial charge in [-0.1, -0.05) is 6.92 Å². The number of rotatable bonds is 5. The molecule has 0 radical (unpaired) electrons. The van der Waals surface area contributed by atoms with Gasteiger partial charge < -0.3 is 5.32 Å². The SMILES string of the molecule is CCCNC(C)c1cnc(-c2ccc(F)cn2)nc1C. The van der Waals surface area contributed by atoms with E-state index >= 15 is 0 Å². The lowest BCUT2D eigenvalue weighted by molar-refractivity contribution is 0.564. The predicted molar refractivity (Wildman–Crippen MR) is 76.7 cm³/mol. The summed E-state index contributed by atoms with van der Waals surface area (Å²) in [6.07, 6.45) is 4.07. The van der Waals surface area contributed by atoms with E-state index in [0.29, 0.717) is 11.5 Å². The van der Waals surface area contributed by atoms with Gasteiger partial charge in [0, 0.05) is 23.5 Å². The minimum Gasteiger partial charge on any atom is -0.310 e. The molecule has 0 aromatic carbocycles. The summed E-state index contributed by atoms with van der Waals surface area (Å²) in [5, 5.41) is 3.41. The smallest absolute Gasteiger partial charge is 0.178 e. The summed E-state index contributed by atoms with van der Waals surface area (Å²) >= 11 is 0. The third-order valence-corrected chi connectivity index (χ3v) is 3.14. The molecule has 106 valence electrons. The molecule has 5 heteroatoms. The van der Waals surface area contributed by atoms with Crippen LogP contribution < -0.4 is 5.32 Å². The van der Waals surface area contributed by atoms with E-state index in [9.17, 15) is 4.39 Å². The summed E-state index contributed by atoms with van der Waals surface area (Å²) in [6.45, 7) is 7.14. The van der Waals surface area contributed by atoms with Gasteiger partial charge in [-0.2, -0.15) is 0 Å². The first-order valence-corrected chi connectivity index (χ1v) is 6.80. The van der Waals surface area contributed by atoms with E-state index in [1.807, 2.05) is 13.1 Å². The molecule has 0 saturated heterocycles. The number of pyridine rings is 1. The van der Waals surface area contributed by atoms with Gasteiger partial charge in [-0.25, -0.2) is 19.3 Å².